The minimum Gasteiger partial charge on any atom is -0.461 e. The smallest absolute Gasteiger partial charge is 0.358 e. The molecule has 9 heteroatoms. The number of anilines is 1. The summed E-state index contributed by atoms with van der Waals surface area (Å²) in [5, 5.41) is 0.868. The first kappa shape index (κ1) is 22.0. The topological polar surface area (TPSA) is 83.3 Å². The van der Waals surface area contributed by atoms with Gasteiger partial charge in [0.1, 0.15) is 11.2 Å². The number of fused-ring (bicyclic) bond motifs is 3. The molecule has 0 radical (unpaired) electrons. The van der Waals surface area contributed by atoms with Crippen molar-refractivity contribution in [1.29, 1.82) is 0 Å². The molecule has 0 atom stereocenters. The molecule has 0 aliphatic carbocycles. The summed E-state index contributed by atoms with van der Waals surface area (Å²) in [6.07, 6.45) is 3.33. The van der Waals surface area contributed by atoms with Crippen LogP contribution in [0, 0.1) is 0 Å². The van der Waals surface area contributed by atoms with E-state index in [0.717, 1.165) is 37.3 Å². The predicted octanol–water partition coefficient (Wildman–Crippen LogP) is 2.29. The number of esters is 1. The summed E-state index contributed by atoms with van der Waals surface area (Å²) < 4.78 is 6.92. The molecule has 0 unspecified atom stereocenters. The highest BCUT2D eigenvalue weighted by atomic mass is 16.5. The fourth-order valence-electron chi connectivity index (χ4n) is 4.26. The first-order chi connectivity index (χ1) is 15.5. The Morgan fingerprint density at radius 1 is 1.09 bits per heavy atom. The number of nitrogens with zero attached hydrogens (tertiary/aromatic N) is 6. The average Bonchev–Trinajstić information content (AvgIpc) is 3.25. The first-order valence-electron chi connectivity index (χ1n) is 11.2. The Balaban J connectivity index is 2.04. The summed E-state index contributed by atoms with van der Waals surface area (Å²) in [6, 6.07) is 3.86. The molecule has 0 aromatic carbocycles. The van der Waals surface area contributed by atoms with E-state index < -0.39 is 5.97 Å². The molecular formula is C23H30N6O3. The third kappa shape index (κ3) is 3.77. The van der Waals surface area contributed by atoms with Crippen molar-refractivity contribution in [2.24, 2.45) is 0 Å². The Hall–Kier alpha value is -3.20. The zero-order valence-corrected chi connectivity index (χ0v) is 19.2. The second kappa shape index (κ2) is 9.12. The van der Waals surface area contributed by atoms with Gasteiger partial charge in [0, 0.05) is 57.0 Å². The number of imidazole rings is 1. The van der Waals surface area contributed by atoms with E-state index in [4.69, 9.17) is 4.74 Å². The van der Waals surface area contributed by atoms with E-state index in [1.807, 2.05) is 26.0 Å². The van der Waals surface area contributed by atoms with Gasteiger partial charge in [-0.1, -0.05) is 0 Å². The monoisotopic (exact) mass is 438 g/mol. The number of amides is 1. The highest BCUT2D eigenvalue weighted by Crippen LogP contribution is 2.35. The van der Waals surface area contributed by atoms with Gasteiger partial charge in [0.25, 0.3) is 5.91 Å². The van der Waals surface area contributed by atoms with Crippen LogP contribution in [0.4, 0.5) is 5.69 Å². The van der Waals surface area contributed by atoms with Gasteiger partial charge < -0.3 is 19.4 Å². The van der Waals surface area contributed by atoms with Crippen molar-refractivity contribution in [2.45, 2.75) is 20.8 Å². The molecule has 3 aromatic rings. The second-order valence-electron chi connectivity index (χ2n) is 7.91. The summed E-state index contributed by atoms with van der Waals surface area (Å²) in [5.74, 6) is -0.608. The maximum absolute atomic E-state index is 13.8. The second-order valence-corrected chi connectivity index (χ2v) is 7.91. The Morgan fingerprint density at radius 2 is 1.81 bits per heavy atom. The minimum absolute atomic E-state index is 0.0966. The van der Waals surface area contributed by atoms with E-state index >= 15 is 0 Å². The Morgan fingerprint density at radius 3 is 2.47 bits per heavy atom. The van der Waals surface area contributed by atoms with Gasteiger partial charge in [0.05, 0.1) is 12.3 Å². The van der Waals surface area contributed by atoms with Crippen molar-refractivity contribution in [1.82, 2.24) is 24.2 Å². The van der Waals surface area contributed by atoms with E-state index in [2.05, 4.69) is 26.8 Å². The Bertz CT molecular complexity index is 1150. The van der Waals surface area contributed by atoms with Crippen LogP contribution >= 0.6 is 0 Å². The maximum atomic E-state index is 13.8. The van der Waals surface area contributed by atoms with Crippen LogP contribution in [0.25, 0.3) is 16.7 Å². The number of pyridine rings is 2. The largest absolute Gasteiger partial charge is 0.461 e. The number of rotatable bonds is 6. The summed E-state index contributed by atoms with van der Waals surface area (Å²) in [7, 11) is 2.10. The quantitative estimate of drug-likeness (QED) is 0.546. The van der Waals surface area contributed by atoms with Crippen molar-refractivity contribution in [2.75, 3.05) is 57.8 Å². The lowest BCUT2D eigenvalue weighted by Crippen LogP contribution is -2.45. The molecule has 0 saturated carbocycles. The lowest BCUT2D eigenvalue weighted by atomic mass is 10.1. The van der Waals surface area contributed by atoms with E-state index in [1.165, 1.54) is 0 Å². The predicted molar refractivity (Wildman–Crippen MR) is 123 cm³/mol. The molecular weight excluding hydrogens is 408 g/mol. The summed E-state index contributed by atoms with van der Waals surface area (Å²) >= 11 is 0. The summed E-state index contributed by atoms with van der Waals surface area (Å²) in [5.41, 5.74) is 2.62. The standard InChI is InChI=1S/C23H30N6O3/c1-5-27(6-2)22(30)18-19(28-13-11-26(4)12-14-28)16-9-8-10-24-20(16)29-15-17(25-21(18)29)23(31)32-7-3/h8-10,15H,5-7,11-14H2,1-4H3. The maximum Gasteiger partial charge on any atom is 0.358 e. The highest BCUT2D eigenvalue weighted by Gasteiger charge is 2.30. The van der Waals surface area contributed by atoms with Crippen LogP contribution in [0.15, 0.2) is 24.5 Å². The Kier molecular flexibility index (Phi) is 6.27. The normalized spacial score (nSPS) is 14.8. The SMILES string of the molecule is CCOC(=O)c1cn2c(n1)c(C(=O)N(CC)CC)c(N1CCN(C)CC1)c1cccnc12. The molecule has 4 rings (SSSR count). The van der Waals surface area contributed by atoms with Crippen LogP contribution < -0.4 is 4.90 Å². The third-order valence-corrected chi connectivity index (χ3v) is 6.00. The third-order valence-electron chi connectivity index (χ3n) is 6.00. The van der Waals surface area contributed by atoms with Crippen molar-refractivity contribution in [3.8, 4) is 0 Å². The zero-order valence-electron chi connectivity index (χ0n) is 19.2. The van der Waals surface area contributed by atoms with E-state index in [1.54, 1.807) is 28.6 Å². The summed E-state index contributed by atoms with van der Waals surface area (Å²) in [4.78, 5) is 41.8. The Labute approximate surface area is 187 Å². The molecule has 1 saturated heterocycles. The highest BCUT2D eigenvalue weighted by molar-refractivity contribution is 6.12. The van der Waals surface area contributed by atoms with Gasteiger partial charge in [0.2, 0.25) is 0 Å². The van der Waals surface area contributed by atoms with Crippen LogP contribution in [-0.2, 0) is 4.74 Å². The van der Waals surface area contributed by atoms with Crippen molar-refractivity contribution in [3.63, 3.8) is 0 Å². The van der Waals surface area contributed by atoms with Crippen LogP contribution in [0.2, 0.25) is 0 Å². The molecule has 1 aliphatic heterocycles. The van der Waals surface area contributed by atoms with Gasteiger partial charge in [-0.15, -0.1) is 0 Å². The molecule has 1 aliphatic rings. The van der Waals surface area contributed by atoms with Gasteiger partial charge in [-0.2, -0.15) is 0 Å². The summed E-state index contributed by atoms with van der Waals surface area (Å²) in [6.45, 7) is 10.5. The minimum atomic E-state index is -0.511. The van der Waals surface area contributed by atoms with Crippen molar-refractivity contribution >= 4 is 34.2 Å². The number of carbonyl (C=O) groups is 2. The fraction of sp³-hybridized carbons (Fsp3) is 0.478. The number of hydrogen-bond donors (Lipinski definition) is 0. The van der Waals surface area contributed by atoms with E-state index in [-0.39, 0.29) is 18.2 Å². The van der Waals surface area contributed by atoms with Crippen molar-refractivity contribution < 1.29 is 14.3 Å². The molecule has 1 amide bonds. The lowest BCUT2D eigenvalue weighted by molar-refractivity contribution is 0.0520. The average molecular weight is 439 g/mol. The first-order valence-corrected chi connectivity index (χ1v) is 11.2. The van der Waals surface area contributed by atoms with Crippen LogP contribution in [0.3, 0.4) is 0 Å². The molecule has 4 heterocycles. The molecule has 170 valence electrons. The number of piperazine rings is 1. The number of carbonyl (C=O) groups excluding carboxylic acids is 2. The molecule has 9 nitrogen and oxygen atoms in total. The molecule has 0 N–H and O–H groups in total. The zero-order chi connectivity index (χ0) is 22.8. The van der Waals surface area contributed by atoms with Crippen LogP contribution in [-0.4, -0.2) is 89.0 Å². The van der Waals surface area contributed by atoms with Crippen LogP contribution in [0.1, 0.15) is 41.6 Å². The number of aromatic nitrogens is 3. The molecule has 0 spiro atoms. The molecule has 0 bridgehead atoms. The van der Waals surface area contributed by atoms with Crippen LogP contribution in [0.5, 0.6) is 0 Å². The lowest BCUT2D eigenvalue weighted by Gasteiger charge is -2.36. The number of ether oxygens (including phenoxy) is 1. The van der Waals surface area contributed by atoms with Gasteiger partial charge in [0.15, 0.2) is 11.3 Å². The van der Waals surface area contributed by atoms with Gasteiger partial charge in [-0.05, 0) is 40.0 Å². The van der Waals surface area contributed by atoms with Gasteiger partial charge in [-0.25, -0.2) is 14.8 Å². The van der Waals surface area contributed by atoms with E-state index in [9.17, 15) is 9.59 Å². The van der Waals surface area contributed by atoms with Gasteiger partial charge >= 0.3 is 5.97 Å². The number of likely N-dealkylation sites (N-methyl/N-ethyl adjacent to an activating group) is 1. The fourth-order valence-corrected chi connectivity index (χ4v) is 4.26. The van der Waals surface area contributed by atoms with Gasteiger partial charge in [-0.3, -0.25) is 9.20 Å². The molecule has 32 heavy (non-hydrogen) atoms. The molecule has 3 aromatic heterocycles. The number of hydrogen-bond acceptors (Lipinski definition) is 7. The van der Waals surface area contributed by atoms with E-state index in [0.29, 0.717) is 29.9 Å². The van der Waals surface area contributed by atoms with Crippen molar-refractivity contribution in [3.05, 3.63) is 35.8 Å². The molecule has 1 fully saturated rings.